The number of fused-ring (bicyclic) bond motifs is 1. The van der Waals surface area contributed by atoms with Gasteiger partial charge in [-0.3, -0.25) is 14.6 Å². The van der Waals surface area contributed by atoms with Gasteiger partial charge in [0.25, 0.3) is 5.56 Å². The van der Waals surface area contributed by atoms with Gasteiger partial charge in [0, 0.05) is 54.4 Å². The van der Waals surface area contributed by atoms with E-state index in [0.717, 1.165) is 11.9 Å². The number of nitrogens with one attached hydrogen (secondary N) is 3. The topological polar surface area (TPSA) is 103 Å². The van der Waals surface area contributed by atoms with Gasteiger partial charge >= 0.3 is 0 Å². The Morgan fingerprint density at radius 3 is 2.83 bits per heavy atom. The summed E-state index contributed by atoms with van der Waals surface area (Å²) >= 11 is 0. The smallest absolute Gasteiger partial charge is 0.255 e. The SMILES string of the molecule is Cc1nc(N2CCOCC2)[nH]c(=O)c1CCC(=O)NCCc1c[nH]c2ccccc12. The summed E-state index contributed by atoms with van der Waals surface area (Å²) < 4.78 is 5.34. The molecule has 3 aromatic rings. The highest BCUT2D eigenvalue weighted by Gasteiger charge is 2.16. The Kier molecular flexibility index (Phi) is 6.13. The Morgan fingerprint density at radius 2 is 2.03 bits per heavy atom. The summed E-state index contributed by atoms with van der Waals surface area (Å²) in [5.74, 6) is 0.513. The van der Waals surface area contributed by atoms with E-state index in [1.54, 1.807) is 0 Å². The second kappa shape index (κ2) is 9.13. The zero-order valence-electron chi connectivity index (χ0n) is 17.2. The molecule has 0 atom stereocenters. The Bertz CT molecular complexity index is 1080. The first kappa shape index (κ1) is 20.2. The van der Waals surface area contributed by atoms with Crippen molar-refractivity contribution in [2.75, 3.05) is 37.7 Å². The van der Waals surface area contributed by atoms with E-state index in [4.69, 9.17) is 4.74 Å². The summed E-state index contributed by atoms with van der Waals surface area (Å²) in [7, 11) is 0. The zero-order valence-corrected chi connectivity index (χ0v) is 17.2. The number of rotatable bonds is 7. The molecule has 158 valence electrons. The first-order chi connectivity index (χ1) is 14.6. The molecule has 0 unspecified atom stereocenters. The molecule has 30 heavy (non-hydrogen) atoms. The van der Waals surface area contributed by atoms with Crippen molar-refractivity contribution >= 4 is 22.8 Å². The van der Waals surface area contributed by atoms with Crippen LogP contribution in [0.15, 0.2) is 35.3 Å². The fraction of sp³-hybridized carbons (Fsp3) is 0.409. The third-order valence-electron chi connectivity index (χ3n) is 5.51. The van der Waals surface area contributed by atoms with Gasteiger partial charge in [-0.2, -0.15) is 0 Å². The van der Waals surface area contributed by atoms with Crippen LogP contribution in [0.3, 0.4) is 0 Å². The van der Waals surface area contributed by atoms with Gasteiger partial charge in [-0.25, -0.2) is 4.98 Å². The van der Waals surface area contributed by atoms with Crippen LogP contribution in [-0.2, 0) is 22.4 Å². The molecular formula is C22H27N5O3. The summed E-state index contributed by atoms with van der Waals surface area (Å²) in [6, 6.07) is 8.12. The van der Waals surface area contributed by atoms with Crippen molar-refractivity contribution in [3.8, 4) is 0 Å². The standard InChI is InChI=1S/C22H27N5O3/c1-15-17(21(29)26-22(25-15)27-10-12-30-13-11-27)6-7-20(28)23-9-8-16-14-24-19-5-3-2-4-18(16)19/h2-5,14,24H,6-13H2,1H3,(H,23,28)(H,25,26,29). The van der Waals surface area contributed by atoms with Gasteiger partial charge < -0.3 is 19.9 Å². The average Bonchev–Trinajstić information content (AvgIpc) is 3.17. The number of carbonyl (C=O) groups is 1. The van der Waals surface area contributed by atoms with Crippen LogP contribution in [-0.4, -0.2) is 53.7 Å². The third kappa shape index (κ3) is 4.54. The molecule has 1 saturated heterocycles. The Balaban J connectivity index is 1.29. The van der Waals surface area contributed by atoms with E-state index in [1.807, 2.05) is 36.2 Å². The van der Waals surface area contributed by atoms with Gasteiger partial charge in [-0.05, 0) is 31.4 Å². The predicted octanol–water partition coefficient (Wildman–Crippen LogP) is 1.69. The molecule has 0 aliphatic carbocycles. The van der Waals surface area contributed by atoms with E-state index in [2.05, 4.69) is 26.3 Å². The minimum atomic E-state index is -0.171. The monoisotopic (exact) mass is 409 g/mol. The Labute approximate surface area is 174 Å². The molecule has 1 aliphatic rings. The first-order valence-corrected chi connectivity index (χ1v) is 10.4. The van der Waals surface area contributed by atoms with Crippen molar-refractivity contribution in [1.29, 1.82) is 0 Å². The minimum absolute atomic E-state index is 0.0640. The van der Waals surface area contributed by atoms with E-state index in [1.165, 1.54) is 10.9 Å². The lowest BCUT2D eigenvalue weighted by molar-refractivity contribution is -0.121. The van der Waals surface area contributed by atoms with Gasteiger partial charge in [0.15, 0.2) is 0 Å². The molecule has 0 radical (unpaired) electrons. The molecule has 8 nitrogen and oxygen atoms in total. The van der Waals surface area contributed by atoms with E-state index in [-0.39, 0.29) is 17.9 Å². The van der Waals surface area contributed by atoms with Crippen LogP contribution in [0.1, 0.15) is 23.2 Å². The highest BCUT2D eigenvalue weighted by atomic mass is 16.5. The molecule has 0 bridgehead atoms. The summed E-state index contributed by atoms with van der Waals surface area (Å²) in [5, 5.41) is 4.13. The second-order valence-electron chi connectivity index (χ2n) is 7.51. The zero-order chi connectivity index (χ0) is 20.9. The number of morpholine rings is 1. The lowest BCUT2D eigenvalue weighted by atomic mass is 10.1. The van der Waals surface area contributed by atoms with Crippen LogP contribution in [0.2, 0.25) is 0 Å². The highest BCUT2D eigenvalue weighted by molar-refractivity contribution is 5.83. The van der Waals surface area contributed by atoms with Gasteiger partial charge in [0.2, 0.25) is 11.9 Å². The molecule has 3 heterocycles. The maximum atomic E-state index is 12.5. The molecule has 1 fully saturated rings. The lowest BCUT2D eigenvalue weighted by Gasteiger charge is -2.27. The number of carbonyl (C=O) groups excluding carboxylic acids is 1. The number of amides is 1. The quantitative estimate of drug-likeness (QED) is 0.551. The molecule has 8 heteroatoms. The highest BCUT2D eigenvalue weighted by Crippen LogP contribution is 2.17. The van der Waals surface area contributed by atoms with Crippen LogP contribution >= 0.6 is 0 Å². The van der Waals surface area contributed by atoms with E-state index >= 15 is 0 Å². The molecule has 0 spiro atoms. The molecule has 3 N–H and O–H groups in total. The molecule has 1 aliphatic heterocycles. The molecular weight excluding hydrogens is 382 g/mol. The molecule has 0 saturated carbocycles. The minimum Gasteiger partial charge on any atom is -0.378 e. The largest absolute Gasteiger partial charge is 0.378 e. The summed E-state index contributed by atoms with van der Waals surface area (Å²) in [5.41, 5.74) is 3.35. The van der Waals surface area contributed by atoms with E-state index in [0.29, 0.717) is 56.5 Å². The van der Waals surface area contributed by atoms with Crippen molar-refractivity contribution in [3.05, 3.63) is 57.6 Å². The third-order valence-corrected chi connectivity index (χ3v) is 5.51. The number of nitrogens with zero attached hydrogens (tertiary/aromatic N) is 2. The number of benzene rings is 1. The van der Waals surface area contributed by atoms with Gasteiger partial charge in [-0.15, -0.1) is 0 Å². The number of aromatic nitrogens is 3. The van der Waals surface area contributed by atoms with Crippen LogP contribution in [0.5, 0.6) is 0 Å². The molecule has 1 aromatic carbocycles. The molecule has 2 aromatic heterocycles. The number of hydrogen-bond acceptors (Lipinski definition) is 5. The maximum Gasteiger partial charge on any atom is 0.255 e. The number of aromatic amines is 2. The van der Waals surface area contributed by atoms with E-state index < -0.39 is 0 Å². The van der Waals surface area contributed by atoms with Crippen molar-refractivity contribution in [2.24, 2.45) is 0 Å². The van der Waals surface area contributed by atoms with Gasteiger partial charge in [0.05, 0.1) is 13.2 Å². The number of anilines is 1. The second-order valence-corrected chi connectivity index (χ2v) is 7.51. The fourth-order valence-corrected chi connectivity index (χ4v) is 3.82. The average molecular weight is 409 g/mol. The van der Waals surface area contributed by atoms with Gasteiger partial charge in [0.1, 0.15) is 0 Å². The van der Waals surface area contributed by atoms with Crippen molar-refractivity contribution in [1.82, 2.24) is 20.3 Å². The first-order valence-electron chi connectivity index (χ1n) is 10.4. The lowest BCUT2D eigenvalue weighted by Crippen LogP contribution is -2.38. The van der Waals surface area contributed by atoms with Crippen LogP contribution in [0.4, 0.5) is 5.95 Å². The van der Waals surface area contributed by atoms with Crippen LogP contribution in [0, 0.1) is 6.92 Å². The predicted molar refractivity (Wildman–Crippen MR) is 116 cm³/mol. The van der Waals surface area contributed by atoms with Crippen molar-refractivity contribution in [3.63, 3.8) is 0 Å². The number of hydrogen-bond donors (Lipinski definition) is 3. The van der Waals surface area contributed by atoms with E-state index in [9.17, 15) is 9.59 Å². The molecule has 1 amide bonds. The number of H-pyrrole nitrogens is 2. The molecule has 4 rings (SSSR count). The summed E-state index contributed by atoms with van der Waals surface area (Å²) in [4.78, 5) is 37.4. The Morgan fingerprint density at radius 1 is 1.23 bits per heavy atom. The van der Waals surface area contributed by atoms with Gasteiger partial charge in [-0.1, -0.05) is 18.2 Å². The number of ether oxygens (including phenoxy) is 1. The number of aryl methyl sites for hydroxylation is 1. The van der Waals surface area contributed by atoms with Crippen LogP contribution in [0.25, 0.3) is 10.9 Å². The summed E-state index contributed by atoms with van der Waals surface area (Å²) in [6.07, 6.45) is 3.37. The van der Waals surface area contributed by atoms with Crippen molar-refractivity contribution in [2.45, 2.75) is 26.2 Å². The Hall–Kier alpha value is -3.13. The van der Waals surface area contributed by atoms with Crippen LogP contribution < -0.4 is 15.8 Å². The fourth-order valence-electron chi connectivity index (χ4n) is 3.82. The summed E-state index contributed by atoms with van der Waals surface area (Å²) in [6.45, 7) is 5.06. The number of para-hydroxylation sites is 1. The maximum absolute atomic E-state index is 12.5. The van der Waals surface area contributed by atoms with Crippen molar-refractivity contribution < 1.29 is 9.53 Å². The normalized spacial score (nSPS) is 14.2.